The number of aliphatic hydroxyl groups is 3. The van der Waals surface area contributed by atoms with Gasteiger partial charge in [-0.25, -0.2) is 32.5 Å². The van der Waals surface area contributed by atoms with Gasteiger partial charge in [0.1, 0.15) is 36.4 Å². The lowest BCUT2D eigenvalue weighted by molar-refractivity contribution is -0.205. The molecule has 0 unspecified atom stereocenters. The van der Waals surface area contributed by atoms with E-state index in [1.165, 1.54) is 28.5 Å². The number of aromatic nitrogens is 7. The Balaban J connectivity index is 1.37. The number of benzene rings is 2. The van der Waals surface area contributed by atoms with Crippen molar-refractivity contribution < 1.29 is 33.2 Å². The molecule has 0 spiro atoms. The monoisotopic (exact) mass is 573 g/mol. The fourth-order valence-corrected chi connectivity index (χ4v) is 5.76. The van der Waals surface area contributed by atoms with Crippen LogP contribution >= 0.6 is 11.3 Å². The first kappa shape index (κ1) is 26.5. The van der Waals surface area contributed by atoms with Gasteiger partial charge in [0.25, 0.3) is 0 Å². The topological polar surface area (TPSA) is 144 Å². The highest BCUT2D eigenvalue weighted by atomic mass is 32.1. The number of hydrogen-bond donors (Lipinski definition) is 3. The Morgan fingerprint density at radius 2 is 1.85 bits per heavy atom. The first-order valence-corrected chi connectivity index (χ1v) is 13.0. The second kappa shape index (κ2) is 10.3. The molecule has 0 amide bonds. The molecule has 15 heteroatoms. The molecule has 3 N–H and O–H groups in total. The van der Waals surface area contributed by atoms with Gasteiger partial charge < -0.3 is 20.1 Å². The van der Waals surface area contributed by atoms with Crippen LogP contribution < -0.4 is 0 Å². The first-order chi connectivity index (χ1) is 19.2. The largest absolute Gasteiger partial charge is 0.396 e. The Morgan fingerprint density at radius 1 is 1.07 bits per heavy atom. The summed E-state index contributed by atoms with van der Waals surface area (Å²) in [6.45, 7) is 1.59. The molecule has 6 rings (SSSR count). The third kappa shape index (κ3) is 4.54. The van der Waals surface area contributed by atoms with Gasteiger partial charge in [-0.1, -0.05) is 5.21 Å². The van der Waals surface area contributed by atoms with Crippen LogP contribution in [0.1, 0.15) is 29.4 Å². The number of aryl methyl sites for hydroxylation is 1. The van der Waals surface area contributed by atoms with E-state index in [0.29, 0.717) is 5.69 Å². The molecule has 1 fully saturated rings. The number of thiazole rings is 1. The standard InChI is InChI=1S/C25H22F3N7O4S/c1-11-31-16-3-2-13(8-19(16)40-11)35-25(29-10-30-35)24-23(38)21(22(37)18(39-24)4-5-36)34-9-17(32-33-34)12-6-14(26)20(28)15(27)7-12/h2-3,6-10,18,21-24,36-38H,4-5H2,1H3/t18-,21+,22+,23-,24-/m1/s1. The molecule has 3 aromatic heterocycles. The maximum Gasteiger partial charge on any atom is 0.194 e. The number of fused-ring (bicyclic) bond motifs is 1. The van der Waals surface area contributed by atoms with Crippen LogP contribution in [0.4, 0.5) is 13.2 Å². The van der Waals surface area contributed by atoms with Gasteiger partial charge in [-0.05, 0) is 43.7 Å². The molecule has 4 heterocycles. The molecular weight excluding hydrogens is 551 g/mol. The van der Waals surface area contributed by atoms with Crippen LogP contribution in [0.25, 0.3) is 27.2 Å². The van der Waals surface area contributed by atoms with Gasteiger partial charge in [0.2, 0.25) is 0 Å². The van der Waals surface area contributed by atoms with Crippen LogP contribution in [0.2, 0.25) is 0 Å². The Hall–Kier alpha value is -3.76. The van der Waals surface area contributed by atoms with Crippen molar-refractivity contribution in [3.8, 4) is 16.9 Å². The zero-order chi connectivity index (χ0) is 28.1. The highest BCUT2D eigenvalue weighted by Gasteiger charge is 2.48. The summed E-state index contributed by atoms with van der Waals surface area (Å²) in [5.74, 6) is -4.18. The zero-order valence-corrected chi connectivity index (χ0v) is 21.6. The van der Waals surface area contributed by atoms with Gasteiger partial charge in [0.05, 0.1) is 33.2 Å². The molecule has 40 heavy (non-hydrogen) atoms. The van der Waals surface area contributed by atoms with E-state index in [1.807, 2.05) is 19.1 Å². The number of nitrogens with zero attached hydrogens (tertiary/aromatic N) is 7. The van der Waals surface area contributed by atoms with Crippen molar-refractivity contribution in [2.45, 2.75) is 43.8 Å². The Kier molecular flexibility index (Phi) is 6.83. The van der Waals surface area contributed by atoms with E-state index in [-0.39, 0.29) is 30.1 Å². The third-order valence-electron chi connectivity index (χ3n) is 6.77. The van der Waals surface area contributed by atoms with Gasteiger partial charge in [-0.2, -0.15) is 5.10 Å². The van der Waals surface area contributed by atoms with Crippen molar-refractivity contribution in [1.29, 1.82) is 0 Å². The number of halogens is 3. The maximum absolute atomic E-state index is 13.8. The fourth-order valence-electron chi connectivity index (χ4n) is 4.90. The lowest BCUT2D eigenvalue weighted by atomic mass is 9.90. The zero-order valence-electron chi connectivity index (χ0n) is 20.8. The highest BCUT2D eigenvalue weighted by molar-refractivity contribution is 7.18. The smallest absolute Gasteiger partial charge is 0.194 e. The van der Waals surface area contributed by atoms with Crippen molar-refractivity contribution in [1.82, 2.24) is 34.7 Å². The summed E-state index contributed by atoms with van der Waals surface area (Å²) in [7, 11) is 0. The molecule has 0 bridgehead atoms. The molecular formula is C25H22F3N7O4S. The predicted molar refractivity (Wildman–Crippen MR) is 135 cm³/mol. The van der Waals surface area contributed by atoms with E-state index >= 15 is 0 Å². The lowest BCUT2D eigenvalue weighted by Crippen LogP contribution is -2.52. The normalized spacial score (nSPS) is 23.2. The van der Waals surface area contributed by atoms with Crippen LogP contribution in [-0.2, 0) is 4.74 Å². The predicted octanol–water partition coefficient (Wildman–Crippen LogP) is 2.65. The summed E-state index contributed by atoms with van der Waals surface area (Å²) in [5, 5.41) is 45.3. The van der Waals surface area contributed by atoms with Gasteiger partial charge in [0, 0.05) is 12.2 Å². The number of ether oxygens (including phenoxy) is 1. The van der Waals surface area contributed by atoms with Crippen LogP contribution in [0, 0.1) is 24.4 Å². The summed E-state index contributed by atoms with van der Waals surface area (Å²) in [6, 6.07) is 5.91. The molecule has 1 saturated heterocycles. The molecule has 2 aromatic carbocycles. The molecule has 5 atom stereocenters. The third-order valence-corrected chi connectivity index (χ3v) is 7.71. The van der Waals surface area contributed by atoms with Crippen LogP contribution in [0.15, 0.2) is 42.9 Å². The van der Waals surface area contributed by atoms with Crippen molar-refractivity contribution in [2.24, 2.45) is 0 Å². The SMILES string of the molecule is Cc1nc2ccc(-n3ncnc3[C@@H]3O[C@H](CCO)[C@H](O)[C@H](n4cc(-c5cc(F)c(F)c(F)c5)nn4)[C@H]3O)cc2s1. The maximum atomic E-state index is 13.8. The fraction of sp³-hybridized carbons (Fsp3) is 0.320. The van der Waals surface area contributed by atoms with Crippen molar-refractivity contribution in [2.75, 3.05) is 6.61 Å². The minimum absolute atomic E-state index is 0.0183. The summed E-state index contributed by atoms with van der Waals surface area (Å²) < 4.78 is 50.7. The van der Waals surface area contributed by atoms with E-state index in [2.05, 4.69) is 25.4 Å². The Bertz CT molecular complexity index is 1670. The summed E-state index contributed by atoms with van der Waals surface area (Å²) >= 11 is 1.51. The van der Waals surface area contributed by atoms with Gasteiger partial charge in [0.15, 0.2) is 23.3 Å². The molecule has 1 aliphatic heterocycles. The summed E-state index contributed by atoms with van der Waals surface area (Å²) in [5.41, 5.74) is 1.37. The minimum Gasteiger partial charge on any atom is -0.396 e. The number of aliphatic hydroxyl groups excluding tert-OH is 3. The van der Waals surface area contributed by atoms with Crippen LogP contribution in [0.3, 0.4) is 0 Å². The minimum atomic E-state index is -1.62. The molecule has 0 aliphatic carbocycles. The average Bonchev–Trinajstić information content (AvgIpc) is 3.67. The lowest BCUT2D eigenvalue weighted by Gasteiger charge is -2.42. The van der Waals surface area contributed by atoms with Gasteiger partial charge in [-0.3, -0.25) is 0 Å². The summed E-state index contributed by atoms with van der Waals surface area (Å²) in [6.07, 6.45) is -2.28. The van der Waals surface area contributed by atoms with E-state index in [4.69, 9.17) is 4.74 Å². The van der Waals surface area contributed by atoms with Crippen molar-refractivity contribution in [3.05, 3.63) is 71.1 Å². The second-order valence-electron chi connectivity index (χ2n) is 9.33. The Morgan fingerprint density at radius 3 is 2.60 bits per heavy atom. The van der Waals surface area contributed by atoms with E-state index < -0.39 is 47.9 Å². The Labute approximate surface area is 228 Å². The average molecular weight is 574 g/mol. The first-order valence-electron chi connectivity index (χ1n) is 12.2. The quantitative estimate of drug-likeness (QED) is 0.261. The molecule has 5 aromatic rings. The van der Waals surface area contributed by atoms with E-state index in [0.717, 1.165) is 32.0 Å². The molecule has 11 nitrogen and oxygen atoms in total. The molecule has 1 aliphatic rings. The molecule has 208 valence electrons. The number of rotatable bonds is 6. The van der Waals surface area contributed by atoms with E-state index in [1.54, 1.807) is 6.07 Å². The second-order valence-corrected chi connectivity index (χ2v) is 10.6. The van der Waals surface area contributed by atoms with Crippen molar-refractivity contribution >= 4 is 21.6 Å². The highest BCUT2D eigenvalue weighted by Crippen LogP contribution is 2.39. The van der Waals surface area contributed by atoms with Crippen LogP contribution in [-0.4, -0.2) is 75.0 Å². The van der Waals surface area contributed by atoms with Crippen LogP contribution in [0.5, 0.6) is 0 Å². The van der Waals surface area contributed by atoms with Gasteiger partial charge >= 0.3 is 0 Å². The van der Waals surface area contributed by atoms with E-state index in [9.17, 15) is 28.5 Å². The number of hydrogen-bond acceptors (Lipinski definition) is 10. The molecule has 0 radical (unpaired) electrons. The molecule has 0 saturated carbocycles. The van der Waals surface area contributed by atoms with Gasteiger partial charge in [-0.15, -0.1) is 16.4 Å². The van der Waals surface area contributed by atoms with Crippen molar-refractivity contribution in [3.63, 3.8) is 0 Å². The summed E-state index contributed by atoms with van der Waals surface area (Å²) in [4.78, 5) is 8.79.